The second-order valence-corrected chi connectivity index (χ2v) is 7.92. The van der Waals surface area contributed by atoms with Crippen molar-refractivity contribution in [2.24, 2.45) is 0 Å². The van der Waals surface area contributed by atoms with E-state index in [9.17, 15) is 8.42 Å². The summed E-state index contributed by atoms with van der Waals surface area (Å²) >= 11 is 7.33. The van der Waals surface area contributed by atoms with E-state index in [1.807, 2.05) is 41.8 Å². The zero-order chi connectivity index (χ0) is 14.6. The summed E-state index contributed by atoms with van der Waals surface area (Å²) in [7, 11) is -1.71. The van der Waals surface area contributed by atoms with Crippen molar-refractivity contribution < 1.29 is 8.42 Å². The molecule has 0 aliphatic rings. The molecule has 0 unspecified atom stereocenters. The Labute approximate surface area is 128 Å². The fraction of sp³-hybridized carbons (Fsp3) is 0.286. The highest BCUT2D eigenvalue weighted by atomic mass is 35.5. The lowest BCUT2D eigenvalue weighted by atomic mass is 10.2. The minimum atomic E-state index is -3.32. The molecule has 0 atom stereocenters. The van der Waals surface area contributed by atoms with Crippen LogP contribution >= 0.6 is 22.9 Å². The van der Waals surface area contributed by atoms with Gasteiger partial charge in [0.15, 0.2) is 0 Å². The van der Waals surface area contributed by atoms with Gasteiger partial charge in [-0.2, -0.15) is 4.31 Å². The van der Waals surface area contributed by atoms with E-state index in [1.54, 1.807) is 18.4 Å². The van der Waals surface area contributed by atoms with Gasteiger partial charge in [0.05, 0.1) is 5.75 Å². The summed E-state index contributed by atoms with van der Waals surface area (Å²) in [6.07, 6.45) is 0. The molecule has 6 heteroatoms. The summed E-state index contributed by atoms with van der Waals surface area (Å²) in [4.78, 5) is 1.03. The molecule has 3 nitrogen and oxygen atoms in total. The van der Waals surface area contributed by atoms with Gasteiger partial charge in [-0.1, -0.05) is 30.3 Å². The van der Waals surface area contributed by atoms with Crippen molar-refractivity contribution in [2.75, 3.05) is 7.05 Å². The first kappa shape index (κ1) is 15.5. The van der Waals surface area contributed by atoms with E-state index < -0.39 is 10.0 Å². The molecular weight excluding hydrogens is 314 g/mol. The predicted molar refractivity (Wildman–Crippen MR) is 84.4 cm³/mol. The molecule has 0 amide bonds. The summed E-state index contributed by atoms with van der Waals surface area (Å²) in [5, 5.41) is 1.94. The largest absolute Gasteiger partial charge is 0.218 e. The van der Waals surface area contributed by atoms with Crippen LogP contribution in [0.3, 0.4) is 0 Å². The molecular formula is C14H16ClNO2S2. The molecule has 2 aromatic rings. The maximum absolute atomic E-state index is 12.3. The van der Waals surface area contributed by atoms with Crippen molar-refractivity contribution in [2.45, 2.75) is 18.2 Å². The van der Waals surface area contributed by atoms with E-state index in [0.29, 0.717) is 12.4 Å². The Morgan fingerprint density at radius 3 is 2.60 bits per heavy atom. The molecule has 0 spiro atoms. The van der Waals surface area contributed by atoms with E-state index in [0.717, 1.165) is 16.0 Å². The highest BCUT2D eigenvalue weighted by molar-refractivity contribution is 7.88. The van der Waals surface area contributed by atoms with Crippen molar-refractivity contribution in [1.29, 1.82) is 0 Å². The van der Waals surface area contributed by atoms with E-state index in [1.165, 1.54) is 4.31 Å². The minimum absolute atomic E-state index is 0.000393. The molecule has 0 aliphatic carbocycles. The molecule has 1 aromatic heterocycles. The molecule has 108 valence electrons. The number of thiophene rings is 1. The first-order valence-electron chi connectivity index (χ1n) is 6.11. The van der Waals surface area contributed by atoms with Gasteiger partial charge >= 0.3 is 0 Å². The first-order valence-corrected chi connectivity index (χ1v) is 9.14. The monoisotopic (exact) mass is 329 g/mol. The maximum Gasteiger partial charge on any atom is 0.218 e. The second-order valence-electron chi connectivity index (χ2n) is 4.55. The quantitative estimate of drug-likeness (QED) is 0.761. The van der Waals surface area contributed by atoms with Gasteiger partial charge in [0.2, 0.25) is 10.0 Å². The Morgan fingerprint density at radius 1 is 1.20 bits per heavy atom. The molecule has 0 fully saturated rings. The summed E-state index contributed by atoms with van der Waals surface area (Å²) < 4.78 is 26.0. The molecule has 0 N–H and O–H groups in total. The van der Waals surface area contributed by atoms with Gasteiger partial charge < -0.3 is 0 Å². The molecule has 1 heterocycles. The lowest BCUT2D eigenvalue weighted by Gasteiger charge is -2.16. The van der Waals surface area contributed by atoms with Crippen LogP contribution in [0.4, 0.5) is 0 Å². The number of rotatable bonds is 6. The lowest BCUT2D eigenvalue weighted by Crippen LogP contribution is -2.27. The van der Waals surface area contributed by atoms with Crippen LogP contribution in [0, 0.1) is 0 Å². The van der Waals surface area contributed by atoms with Crippen LogP contribution in [0.5, 0.6) is 0 Å². The van der Waals surface area contributed by atoms with Crippen molar-refractivity contribution in [3.05, 3.63) is 57.8 Å². The van der Waals surface area contributed by atoms with Gasteiger partial charge in [-0.3, -0.25) is 0 Å². The zero-order valence-electron chi connectivity index (χ0n) is 11.1. The number of hydrogen-bond donors (Lipinski definition) is 0. The normalized spacial score (nSPS) is 11.9. The molecule has 20 heavy (non-hydrogen) atoms. The number of sulfonamides is 1. The Kier molecular flexibility index (Phi) is 5.21. The van der Waals surface area contributed by atoms with Gasteiger partial charge in [0.25, 0.3) is 0 Å². The SMILES string of the molecule is CN(Cc1cccs1)S(=O)(=O)Cc1cccc(CCl)c1. The van der Waals surface area contributed by atoms with Crippen LogP contribution in [-0.4, -0.2) is 19.8 Å². The van der Waals surface area contributed by atoms with Gasteiger partial charge in [-0.15, -0.1) is 22.9 Å². The minimum Gasteiger partial charge on any atom is -0.212 e. The number of halogens is 1. The third-order valence-corrected chi connectivity index (χ3v) is 5.87. The van der Waals surface area contributed by atoms with Crippen LogP contribution in [-0.2, 0) is 28.2 Å². The fourth-order valence-corrected chi connectivity index (χ4v) is 4.01. The van der Waals surface area contributed by atoms with Crippen molar-refractivity contribution >= 4 is 33.0 Å². The third kappa shape index (κ3) is 4.06. The maximum atomic E-state index is 12.3. The van der Waals surface area contributed by atoms with Gasteiger partial charge in [0, 0.05) is 24.3 Å². The molecule has 0 aliphatic heterocycles. The number of alkyl halides is 1. The first-order chi connectivity index (χ1) is 9.51. The molecule has 0 bridgehead atoms. The summed E-state index contributed by atoms with van der Waals surface area (Å²) in [5.41, 5.74) is 1.70. The van der Waals surface area contributed by atoms with E-state index >= 15 is 0 Å². The van der Waals surface area contributed by atoms with Crippen LogP contribution < -0.4 is 0 Å². The Balaban J connectivity index is 2.09. The molecule has 2 rings (SSSR count). The standard InChI is InChI=1S/C14H16ClNO2S2/c1-16(10-14-6-3-7-19-14)20(17,18)11-13-5-2-4-12(8-13)9-15/h2-8H,9-11H2,1H3. The van der Waals surface area contributed by atoms with Gasteiger partial charge in [-0.25, -0.2) is 8.42 Å². The fourth-order valence-electron chi connectivity index (χ4n) is 1.84. The van der Waals surface area contributed by atoms with E-state index in [-0.39, 0.29) is 5.75 Å². The number of hydrogen-bond acceptors (Lipinski definition) is 3. The number of benzene rings is 1. The van der Waals surface area contributed by atoms with Gasteiger partial charge in [-0.05, 0) is 22.6 Å². The van der Waals surface area contributed by atoms with Crippen LogP contribution in [0.2, 0.25) is 0 Å². The molecule has 0 saturated heterocycles. The third-order valence-electron chi connectivity index (χ3n) is 2.93. The summed E-state index contributed by atoms with van der Waals surface area (Å²) in [6, 6.07) is 11.2. The smallest absolute Gasteiger partial charge is 0.212 e. The molecule has 0 radical (unpaired) electrons. The van der Waals surface area contributed by atoms with Crippen molar-refractivity contribution in [3.8, 4) is 0 Å². The Bertz CT molecular complexity index is 654. The van der Waals surface area contributed by atoms with Crippen LogP contribution in [0.1, 0.15) is 16.0 Å². The van der Waals surface area contributed by atoms with Crippen molar-refractivity contribution in [1.82, 2.24) is 4.31 Å². The van der Waals surface area contributed by atoms with E-state index in [4.69, 9.17) is 11.6 Å². The summed E-state index contributed by atoms with van der Waals surface area (Å²) in [6.45, 7) is 0.412. The highest BCUT2D eigenvalue weighted by Gasteiger charge is 2.19. The second kappa shape index (κ2) is 6.72. The van der Waals surface area contributed by atoms with E-state index in [2.05, 4.69) is 0 Å². The number of nitrogens with zero attached hydrogens (tertiary/aromatic N) is 1. The van der Waals surface area contributed by atoms with Crippen LogP contribution in [0.25, 0.3) is 0 Å². The topological polar surface area (TPSA) is 37.4 Å². The Hall–Kier alpha value is -0.880. The van der Waals surface area contributed by atoms with Gasteiger partial charge in [0.1, 0.15) is 0 Å². The zero-order valence-corrected chi connectivity index (χ0v) is 13.5. The van der Waals surface area contributed by atoms with Crippen LogP contribution in [0.15, 0.2) is 41.8 Å². The Morgan fingerprint density at radius 2 is 1.95 bits per heavy atom. The average molecular weight is 330 g/mol. The highest BCUT2D eigenvalue weighted by Crippen LogP contribution is 2.17. The molecule has 1 aromatic carbocycles. The predicted octanol–water partition coefficient (Wildman–Crippen LogP) is 3.45. The lowest BCUT2D eigenvalue weighted by molar-refractivity contribution is 0.469. The molecule has 0 saturated carbocycles. The average Bonchev–Trinajstić information content (AvgIpc) is 2.91. The van der Waals surface area contributed by atoms with Crippen molar-refractivity contribution in [3.63, 3.8) is 0 Å². The summed E-state index contributed by atoms with van der Waals surface area (Å²) in [5.74, 6) is 0.387.